The highest BCUT2D eigenvalue weighted by atomic mass is 79.9. The molecule has 2 aromatic carbocycles. The van der Waals surface area contributed by atoms with Crippen molar-refractivity contribution in [2.45, 2.75) is 31.4 Å². The van der Waals surface area contributed by atoms with E-state index in [1.54, 1.807) is 0 Å². The molecule has 1 aliphatic heterocycles. The van der Waals surface area contributed by atoms with Crippen molar-refractivity contribution in [3.05, 3.63) is 64.6 Å². The minimum Gasteiger partial charge on any atom is -0.387 e. The lowest BCUT2D eigenvalue weighted by atomic mass is 9.93. The molecule has 0 aliphatic carbocycles. The standard InChI is InChI=1S/C20H23BrN2O2/c21-16-10-4-5-11-17(16)22-19(24)14-23-13-7-6-12-18(23)20(25)15-8-2-1-3-9-15/h1-5,8-11,18,20,25H,6-7,12-14H2,(H,22,24)/t18-,20+/m1/s1. The number of nitrogens with one attached hydrogen (secondary N) is 1. The molecule has 2 atom stereocenters. The molecule has 0 saturated carbocycles. The summed E-state index contributed by atoms with van der Waals surface area (Å²) in [6.45, 7) is 1.12. The Balaban J connectivity index is 1.67. The van der Waals surface area contributed by atoms with Gasteiger partial charge < -0.3 is 10.4 Å². The van der Waals surface area contributed by atoms with Gasteiger partial charge in [-0.05, 0) is 53.0 Å². The van der Waals surface area contributed by atoms with Crippen LogP contribution in [0.25, 0.3) is 0 Å². The lowest BCUT2D eigenvalue weighted by molar-refractivity contribution is -0.119. The van der Waals surface area contributed by atoms with Crippen molar-refractivity contribution in [1.82, 2.24) is 4.90 Å². The largest absolute Gasteiger partial charge is 0.387 e. The van der Waals surface area contributed by atoms with Crippen LogP contribution in [0.4, 0.5) is 5.69 Å². The number of halogens is 1. The van der Waals surface area contributed by atoms with Crippen LogP contribution in [-0.4, -0.2) is 35.0 Å². The zero-order chi connectivity index (χ0) is 17.6. The molecule has 3 rings (SSSR count). The van der Waals surface area contributed by atoms with E-state index in [2.05, 4.69) is 26.1 Å². The van der Waals surface area contributed by atoms with Gasteiger partial charge in [-0.1, -0.05) is 48.9 Å². The van der Waals surface area contributed by atoms with E-state index >= 15 is 0 Å². The number of nitrogens with zero attached hydrogens (tertiary/aromatic N) is 1. The third-order valence-corrected chi connectivity index (χ3v) is 5.36. The molecule has 25 heavy (non-hydrogen) atoms. The predicted octanol–water partition coefficient (Wildman–Crippen LogP) is 3.98. The molecule has 2 N–H and O–H groups in total. The first-order valence-corrected chi connectivity index (χ1v) is 9.46. The van der Waals surface area contributed by atoms with Crippen molar-refractivity contribution < 1.29 is 9.90 Å². The molecule has 0 unspecified atom stereocenters. The summed E-state index contributed by atoms with van der Waals surface area (Å²) in [6.07, 6.45) is 2.47. The fourth-order valence-corrected chi connectivity index (χ4v) is 3.76. The fourth-order valence-electron chi connectivity index (χ4n) is 3.38. The summed E-state index contributed by atoms with van der Waals surface area (Å²) in [5.74, 6) is -0.0564. The van der Waals surface area contributed by atoms with Gasteiger partial charge in [0.25, 0.3) is 0 Å². The number of carbonyl (C=O) groups excluding carboxylic acids is 1. The van der Waals surface area contributed by atoms with Crippen LogP contribution >= 0.6 is 15.9 Å². The smallest absolute Gasteiger partial charge is 0.238 e. The molecule has 0 radical (unpaired) electrons. The average molecular weight is 403 g/mol. The van der Waals surface area contributed by atoms with Gasteiger partial charge in [-0.2, -0.15) is 0 Å². The Labute approximate surface area is 157 Å². The normalized spacial score (nSPS) is 19.4. The van der Waals surface area contributed by atoms with E-state index in [9.17, 15) is 9.90 Å². The number of piperidine rings is 1. The van der Waals surface area contributed by atoms with E-state index in [4.69, 9.17) is 0 Å². The number of rotatable bonds is 5. The third-order valence-electron chi connectivity index (χ3n) is 4.66. The number of para-hydroxylation sites is 1. The first-order valence-electron chi connectivity index (χ1n) is 8.66. The summed E-state index contributed by atoms with van der Waals surface area (Å²) in [5, 5.41) is 13.7. The van der Waals surface area contributed by atoms with Crippen molar-refractivity contribution in [2.24, 2.45) is 0 Å². The zero-order valence-corrected chi connectivity index (χ0v) is 15.7. The van der Waals surface area contributed by atoms with Crippen molar-refractivity contribution in [3.63, 3.8) is 0 Å². The summed E-state index contributed by atoms with van der Waals surface area (Å²) in [6, 6.07) is 17.3. The Kier molecular flexibility index (Phi) is 6.24. The fraction of sp³-hybridized carbons (Fsp3) is 0.350. The summed E-state index contributed by atoms with van der Waals surface area (Å²) in [4.78, 5) is 14.6. The van der Waals surface area contributed by atoms with Crippen molar-refractivity contribution in [1.29, 1.82) is 0 Å². The molecular formula is C20H23BrN2O2. The number of aliphatic hydroxyl groups is 1. The Bertz CT molecular complexity index is 708. The molecule has 0 spiro atoms. The summed E-state index contributed by atoms with van der Waals surface area (Å²) in [7, 11) is 0. The Hall–Kier alpha value is -1.69. The van der Waals surface area contributed by atoms with Gasteiger partial charge in [0.2, 0.25) is 5.91 Å². The molecule has 132 valence electrons. The van der Waals surface area contributed by atoms with E-state index < -0.39 is 6.10 Å². The monoisotopic (exact) mass is 402 g/mol. The van der Waals surface area contributed by atoms with E-state index in [1.165, 1.54) is 0 Å². The SMILES string of the molecule is O=C(CN1CCCC[C@@H]1[C@@H](O)c1ccccc1)Nc1ccccc1Br. The third kappa shape index (κ3) is 4.69. The van der Waals surface area contributed by atoms with Crippen LogP contribution in [0, 0.1) is 0 Å². The van der Waals surface area contributed by atoms with Gasteiger partial charge in [0.05, 0.1) is 18.3 Å². The first-order chi connectivity index (χ1) is 12.1. The van der Waals surface area contributed by atoms with Crippen LogP contribution in [0.5, 0.6) is 0 Å². The molecule has 1 aliphatic rings. The summed E-state index contributed by atoms with van der Waals surface area (Å²) in [5.41, 5.74) is 1.68. The number of hydrogen-bond donors (Lipinski definition) is 2. The highest BCUT2D eigenvalue weighted by Gasteiger charge is 2.30. The molecule has 2 aromatic rings. The lowest BCUT2D eigenvalue weighted by Crippen LogP contribution is -2.46. The van der Waals surface area contributed by atoms with Crippen molar-refractivity contribution in [3.8, 4) is 0 Å². The maximum Gasteiger partial charge on any atom is 0.238 e. The number of aliphatic hydroxyl groups excluding tert-OH is 1. The number of benzene rings is 2. The second-order valence-corrected chi connectivity index (χ2v) is 7.27. The topological polar surface area (TPSA) is 52.6 Å². The van der Waals surface area contributed by atoms with Crippen LogP contribution in [0.2, 0.25) is 0 Å². The molecule has 1 heterocycles. The van der Waals surface area contributed by atoms with Gasteiger partial charge in [0, 0.05) is 10.5 Å². The Morgan fingerprint density at radius 3 is 2.64 bits per heavy atom. The van der Waals surface area contributed by atoms with E-state index in [-0.39, 0.29) is 18.5 Å². The molecule has 0 bridgehead atoms. The molecule has 0 aromatic heterocycles. The molecule has 1 saturated heterocycles. The highest BCUT2D eigenvalue weighted by Crippen LogP contribution is 2.28. The van der Waals surface area contributed by atoms with Crippen LogP contribution in [0.15, 0.2) is 59.1 Å². The number of anilines is 1. The van der Waals surface area contributed by atoms with Gasteiger partial charge >= 0.3 is 0 Å². The maximum atomic E-state index is 12.5. The van der Waals surface area contributed by atoms with Crippen LogP contribution in [0.3, 0.4) is 0 Å². The lowest BCUT2D eigenvalue weighted by Gasteiger charge is -2.38. The summed E-state index contributed by atoms with van der Waals surface area (Å²) >= 11 is 3.45. The number of hydrogen-bond acceptors (Lipinski definition) is 3. The number of amides is 1. The molecule has 1 amide bonds. The first kappa shape index (κ1) is 18.1. The minimum atomic E-state index is -0.572. The van der Waals surface area contributed by atoms with Gasteiger partial charge in [-0.15, -0.1) is 0 Å². The summed E-state index contributed by atoms with van der Waals surface area (Å²) < 4.78 is 0.864. The predicted molar refractivity (Wildman–Crippen MR) is 103 cm³/mol. The second-order valence-electron chi connectivity index (χ2n) is 6.42. The van der Waals surface area contributed by atoms with Gasteiger partial charge in [-0.3, -0.25) is 9.69 Å². The average Bonchev–Trinajstić information content (AvgIpc) is 2.64. The van der Waals surface area contributed by atoms with Crippen LogP contribution < -0.4 is 5.32 Å². The number of likely N-dealkylation sites (tertiary alicyclic amines) is 1. The molecular weight excluding hydrogens is 380 g/mol. The van der Waals surface area contributed by atoms with Crippen LogP contribution in [0.1, 0.15) is 30.9 Å². The van der Waals surface area contributed by atoms with E-state index in [0.717, 1.165) is 41.5 Å². The zero-order valence-electron chi connectivity index (χ0n) is 14.1. The number of carbonyl (C=O) groups is 1. The van der Waals surface area contributed by atoms with Crippen molar-refractivity contribution in [2.75, 3.05) is 18.4 Å². The van der Waals surface area contributed by atoms with E-state index in [1.807, 2.05) is 54.6 Å². The molecule has 5 heteroatoms. The highest BCUT2D eigenvalue weighted by molar-refractivity contribution is 9.10. The van der Waals surface area contributed by atoms with Gasteiger partial charge in [0.1, 0.15) is 0 Å². The van der Waals surface area contributed by atoms with Crippen molar-refractivity contribution >= 4 is 27.5 Å². The molecule has 4 nitrogen and oxygen atoms in total. The maximum absolute atomic E-state index is 12.5. The minimum absolute atomic E-state index is 0.0267. The van der Waals surface area contributed by atoms with Gasteiger partial charge in [0.15, 0.2) is 0 Å². The Morgan fingerprint density at radius 1 is 1.16 bits per heavy atom. The second kappa shape index (κ2) is 8.61. The Morgan fingerprint density at radius 2 is 1.88 bits per heavy atom. The molecule has 1 fully saturated rings. The van der Waals surface area contributed by atoms with Gasteiger partial charge in [-0.25, -0.2) is 0 Å². The van der Waals surface area contributed by atoms with E-state index in [0.29, 0.717) is 0 Å². The quantitative estimate of drug-likeness (QED) is 0.794. The van der Waals surface area contributed by atoms with Crippen LogP contribution in [-0.2, 0) is 4.79 Å².